The average molecular weight is 235 g/mol. The van der Waals surface area contributed by atoms with Crippen LogP contribution in [-0.4, -0.2) is 19.9 Å². The van der Waals surface area contributed by atoms with Crippen LogP contribution in [-0.2, 0) is 13.0 Å². The van der Waals surface area contributed by atoms with E-state index in [1.165, 1.54) is 0 Å². The van der Waals surface area contributed by atoms with Crippen molar-refractivity contribution < 1.29 is 4.52 Å². The van der Waals surface area contributed by atoms with Crippen LogP contribution < -0.4 is 5.73 Å². The SMILES string of the molecule is CCc1cc(-c2nc(C(C)N)no2)n(CC)n1. The predicted molar refractivity (Wildman–Crippen MR) is 63.2 cm³/mol. The van der Waals surface area contributed by atoms with Crippen molar-refractivity contribution in [2.45, 2.75) is 39.8 Å². The third kappa shape index (κ3) is 2.21. The van der Waals surface area contributed by atoms with Gasteiger partial charge in [0.05, 0.1) is 11.7 Å². The summed E-state index contributed by atoms with van der Waals surface area (Å²) < 4.78 is 7.07. The van der Waals surface area contributed by atoms with E-state index in [0.29, 0.717) is 11.7 Å². The van der Waals surface area contributed by atoms with E-state index in [0.717, 1.165) is 24.4 Å². The van der Waals surface area contributed by atoms with E-state index in [1.54, 1.807) is 0 Å². The maximum atomic E-state index is 5.70. The van der Waals surface area contributed by atoms with Crippen LogP contribution in [0.1, 0.15) is 38.3 Å². The first-order valence-corrected chi connectivity index (χ1v) is 5.82. The largest absolute Gasteiger partial charge is 0.332 e. The van der Waals surface area contributed by atoms with Crippen LogP contribution in [0, 0.1) is 0 Å². The fraction of sp³-hybridized carbons (Fsp3) is 0.545. The fourth-order valence-electron chi connectivity index (χ4n) is 1.58. The summed E-state index contributed by atoms with van der Waals surface area (Å²) in [6.45, 7) is 6.68. The first kappa shape index (κ1) is 11.8. The second-order valence-electron chi connectivity index (χ2n) is 3.94. The topological polar surface area (TPSA) is 82.8 Å². The van der Waals surface area contributed by atoms with Crippen molar-refractivity contribution in [2.24, 2.45) is 5.73 Å². The lowest BCUT2D eigenvalue weighted by atomic mass is 10.3. The number of nitrogens with two attached hydrogens (primary N) is 1. The summed E-state index contributed by atoms with van der Waals surface area (Å²) in [7, 11) is 0. The number of rotatable bonds is 4. The Balaban J connectivity index is 2.40. The molecular weight excluding hydrogens is 218 g/mol. The Bertz CT molecular complexity index is 500. The van der Waals surface area contributed by atoms with Gasteiger partial charge >= 0.3 is 0 Å². The Labute approximate surface area is 99.8 Å². The molecule has 2 aromatic rings. The van der Waals surface area contributed by atoms with Gasteiger partial charge in [0.15, 0.2) is 5.82 Å². The molecule has 6 heteroatoms. The lowest BCUT2D eigenvalue weighted by Crippen LogP contribution is -2.06. The number of hydrogen-bond donors (Lipinski definition) is 1. The zero-order valence-corrected chi connectivity index (χ0v) is 10.3. The van der Waals surface area contributed by atoms with Crippen molar-refractivity contribution in [1.82, 2.24) is 19.9 Å². The monoisotopic (exact) mass is 235 g/mol. The van der Waals surface area contributed by atoms with Gasteiger partial charge in [-0.1, -0.05) is 12.1 Å². The van der Waals surface area contributed by atoms with Gasteiger partial charge in [-0.25, -0.2) is 0 Å². The highest BCUT2D eigenvalue weighted by atomic mass is 16.5. The Morgan fingerprint density at radius 2 is 2.24 bits per heavy atom. The van der Waals surface area contributed by atoms with Gasteiger partial charge in [-0.05, 0) is 26.3 Å². The summed E-state index contributed by atoms with van der Waals surface area (Å²) in [5.41, 5.74) is 7.57. The summed E-state index contributed by atoms with van der Waals surface area (Å²) in [4.78, 5) is 4.27. The summed E-state index contributed by atoms with van der Waals surface area (Å²) in [6.07, 6.45) is 0.883. The zero-order valence-electron chi connectivity index (χ0n) is 10.3. The van der Waals surface area contributed by atoms with Gasteiger partial charge in [-0.15, -0.1) is 0 Å². The number of nitrogens with zero attached hydrogens (tertiary/aromatic N) is 4. The molecule has 0 fully saturated rings. The first-order valence-electron chi connectivity index (χ1n) is 5.82. The molecule has 0 aliphatic carbocycles. The normalized spacial score (nSPS) is 12.9. The van der Waals surface area contributed by atoms with Gasteiger partial charge < -0.3 is 10.3 Å². The van der Waals surface area contributed by atoms with Crippen molar-refractivity contribution in [1.29, 1.82) is 0 Å². The van der Waals surface area contributed by atoms with Crippen LogP contribution in [0.15, 0.2) is 10.6 Å². The predicted octanol–water partition coefficient (Wildman–Crippen LogP) is 1.54. The Morgan fingerprint density at radius 1 is 1.47 bits per heavy atom. The molecule has 1 atom stereocenters. The second kappa shape index (κ2) is 4.67. The fourth-order valence-corrected chi connectivity index (χ4v) is 1.58. The highest BCUT2D eigenvalue weighted by molar-refractivity contribution is 5.48. The van der Waals surface area contributed by atoms with Crippen molar-refractivity contribution >= 4 is 0 Å². The number of hydrogen-bond acceptors (Lipinski definition) is 5. The molecule has 6 nitrogen and oxygen atoms in total. The summed E-state index contributed by atoms with van der Waals surface area (Å²) in [5, 5.41) is 8.29. The van der Waals surface area contributed by atoms with Gasteiger partial charge in [0.1, 0.15) is 5.69 Å². The van der Waals surface area contributed by atoms with E-state index in [9.17, 15) is 0 Å². The Morgan fingerprint density at radius 3 is 2.76 bits per heavy atom. The third-order valence-corrected chi connectivity index (χ3v) is 2.56. The lowest BCUT2D eigenvalue weighted by molar-refractivity contribution is 0.414. The van der Waals surface area contributed by atoms with Gasteiger partial charge in [0.25, 0.3) is 5.89 Å². The zero-order chi connectivity index (χ0) is 12.4. The molecule has 0 aliphatic heterocycles. The molecule has 0 spiro atoms. The van der Waals surface area contributed by atoms with Crippen molar-refractivity contribution in [2.75, 3.05) is 0 Å². The van der Waals surface area contributed by atoms with Crippen LogP contribution in [0.2, 0.25) is 0 Å². The van der Waals surface area contributed by atoms with Crippen LogP contribution in [0.25, 0.3) is 11.6 Å². The minimum absolute atomic E-state index is 0.226. The van der Waals surface area contributed by atoms with E-state index in [-0.39, 0.29) is 6.04 Å². The van der Waals surface area contributed by atoms with Crippen molar-refractivity contribution in [3.05, 3.63) is 17.6 Å². The van der Waals surface area contributed by atoms with E-state index >= 15 is 0 Å². The minimum Gasteiger partial charge on any atom is -0.332 e. The van der Waals surface area contributed by atoms with E-state index < -0.39 is 0 Å². The molecule has 0 radical (unpaired) electrons. The molecule has 2 N–H and O–H groups in total. The standard InChI is InChI=1S/C11H17N5O/c1-4-8-6-9(16(5-2)14-8)11-13-10(7(3)12)15-17-11/h6-7H,4-5,12H2,1-3H3. The molecule has 0 aromatic carbocycles. The van der Waals surface area contributed by atoms with Gasteiger partial charge in [-0.2, -0.15) is 10.1 Å². The molecule has 0 aliphatic rings. The number of aryl methyl sites for hydroxylation is 2. The molecule has 0 saturated heterocycles. The van der Waals surface area contributed by atoms with Crippen molar-refractivity contribution in [3.63, 3.8) is 0 Å². The summed E-state index contributed by atoms with van der Waals surface area (Å²) >= 11 is 0. The molecule has 1 unspecified atom stereocenters. The highest BCUT2D eigenvalue weighted by Gasteiger charge is 2.16. The minimum atomic E-state index is -0.226. The molecular formula is C11H17N5O. The number of aromatic nitrogens is 4. The van der Waals surface area contributed by atoms with Crippen LogP contribution in [0.4, 0.5) is 0 Å². The smallest absolute Gasteiger partial charge is 0.276 e. The van der Waals surface area contributed by atoms with E-state index in [2.05, 4.69) is 22.2 Å². The summed E-state index contributed by atoms with van der Waals surface area (Å²) in [5.74, 6) is 0.994. The van der Waals surface area contributed by atoms with Gasteiger partial charge in [0.2, 0.25) is 0 Å². The Kier molecular flexibility index (Phi) is 3.23. The van der Waals surface area contributed by atoms with Crippen LogP contribution in [0.3, 0.4) is 0 Å². The molecule has 0 saturated carbocycles. The lowest BCUT2D eigenvalue weighted by Gasteiger charge is -1.98. The Hall–Kier alpha value is -1.69. The third-order valence-electron chi connectivity index (χ3n) is 2.56. The van der Waals surface area contributed by atoms with Gasteiger partial charge in [-0.3, -0.25) is 4.68 Å². The van der Waals surface area contributed by atoms with E-state index in [1.807, 2.05) is 24.6 Å². The van der Waals surface area contributed by atoms with E-state index in [4.69, 9.17) is 10.3 Å². The molecule has 2 rings (SSSR count). The average Bonchev–Trinajstić information content (AvgIpc) is 2.94. The molecule has 0 bridgehead atoms. The molecule has 0 amide bonds. The van der Waals surface area contributed by atoms with Crippen LogP contribution >= 0.6 is 0 Å². The first-order chi connectivity index (χ1) is 8.15. The van der Waals surface area contributed by atoms with Crippen LogP contribution in [0.5, 0.6) is 0 Å². The van der Waals surface area contributed by atoms with Crippen molar-refractivity contribution in [3.8, 4) is 11.6 Å². The maximum Gasteiger partial charge on any atom is 0.276 e. The molecule has 17 heavy (non-hydrogen) atoms. The molecule has 2 aromatic heterocycles. The maximum absolute atomic E-state index is 5.70. The molecule has 92 valence electrons. The highest BCUT2D eigenvalue weighted by Crippen LogP contribution is 2.20. The second-order valence-corrected chi connectivity index (χ2v) is 3.94. The summed E-state index contributed by atoms with van der Waals surface area (Å²) in [6, 6.07) is 1.75. The quantitative estimate of drug-likeness (QED) is 0.869. The van der Waals surface area contributed by atoms with Gasteiger partial charge in [0, 0.05) is 6.54 Å². The molecule has 2 heterocycles.